The van der Waals surface area contributed by atoms with Crippen LogP contribution >= 0.6 is 0 Å². The predicted molar refractivity (Wildman–Crippen MR) is 70.6 cm³/mol. The van der Waals surface area contributed by atoms with Crippen molar-refractivity contribution in [2.75, 3.05) is 0 Å². The number of nitrogens with two attached hydrogens (primary N) is 1. The van der Waals surface area contributed by atoms with E-state index in [0.29, 0.717) is 6.42 Å². The van der Waals surface area contributed by atoms with Crippen LogP contribution in [0.4, 0.5) is 4.39 Å². The number of pyridine rings is 1. The third-order valence-corrected chi connectivity index (χ3v) is 3.32. The highest BCUT2D eigenvalue weighted by Crippen LogP contribution is 2.30. The number of hydrogen-bond donors (Lipinski definition) is 1. The van der Waals surface area contributed by atoms with E-state index in [1.807, 2.05) is 32.0 Å². The summed E-state index contributed by atoms with van der Waals surface area (Å²) in [6.07, 6.45) is 2.45. The Morgan fingerprint density at radius 1 is 1.22 bits per heavy atom. The fraction of sp³-hybridized carbons (Fsp3) is 0.267. The highest BCUT2D eigenvalue weighted by Gasteiger charge is 2.28. The summed E-state index contributed by atoms with van der Waals surface area (Å²) in [5, 5.41) is 0. The number of nitrogens with zero attached hydrogens (tertiary/aromatic N) is 1. The number of rotatable bonds is 3. The number of hydrogen-bond acceptors (Lipinski definition) is 2. The van der Waals surface area contributed by atoms with Gasteiger partial charge in [0, 0.05) is 11.9 Å². The maximum absolute atomic E-state index is 13.3. The van der Waals surface area contributed by atoms with Gasteiger partial charge in [-0.1, -0.05) is 25.1 Å². The number of halogens is 1. The molecule has 94 valence electrons. The molecule has 1 unspecified atom stereocenters. The van der Waals surface area contributed by atoms with Crippen molar-refractivity contribution >= 4 is 0 Å². The van der Waals surface area contributed by atoms with Crippen LogP contribution in [-0.4, -0.2) is 4.98 Å². The van der Waals surface area contributed by atoms with Crippen molar-refractivity contribution in [2.24, 2.45) is 5.73 Å². The van der Waals surface area contributed by atoms with Gasteiger partial charge in [0.25, 0.3) is 0 Å². The molecule has 0 aliphatic rings. The Labute approximate surface area is 107 Å². The van der Waals surface area contributed by atoms with Gasteiger partial charge in [-0.05, 0) is 42.7 Å². The topological polar surface area (TPSA) is 38.9 Å². The summed E-state index contributed by atoms with van der Waals surface area (Å²) in [7, 11) is 0. The van der Waals surface area contributed by atoms with Crippen LogP contribution in [0.2, 0.25) is 0 Å². The van der Waals surface area contributed by atoms with Gasteiger partial charge in [0.05, 0.1) is 5.54 Å². The molecule has 0 fully saturated rings. The molecule has 2 nitrogen and oxygen atoms in total. The second-order valence-corrected chi connectivity index (χ2v) is 4.52. The maximum atomic E-state index is 13.3. The van der Waals surface area contributed by atoms with Crippen LogP contribution in [0.25, 0.3) is 0 Å². The zero-order chi connectivity index (χ0) is 13.2. The Bertz CT molecular complexity index is 536. The molecule has 0 saturated heterocycles. The van der Waals surface area contributed by atoms with Gasteiger partial charge < -0.3 is 5.73 Å². The monoisotopic (exact) mass is 244 g/mol. The fourth-order valence-corrected chi connectivity index (χ4v) is 2.07. The lowest BCUT2D eigenvalue weighted by Crippen LogP contribution is -2.37. The molecule has 1 heterocycles. The van der Waals surface area contributed by atoms with Gasteiger partial charge in [0.1, 0.15) is 5.82 Å². The Morgan fingerprint density at radius 2 is 2.00 bits per heavy atom. The first kappa shape index (κ1) is 12.7. The zero-order valence-corrected chi connectivity index (χ0v) is 10.7. The van der Waals surface area contributed by atoms with E-state index in [1.54, 1.807) is 12.3 Å². The van der Waals surface area contributed by atoms with E-state index in [1.165, 1.54) is 12.1 Å². The van der Waals surface area contributed by atoms with Gasteiger partial charge in [-0.3, -0.25) is 4.98 Å². The summed E-state index contributed by atoms with van der Waals surface area (Å²) in [5.41, 5.74) is 8.38. The summed E-state index contributed by atoms with van der Waals surface area (Å²) in [4.78, 5) is 4.27. The van der Waals surface area contributed by atoms with Crippen LogP contribution in [0, 0.1) is 12.7 Å². The second-order valence-electron chi connectivity index (χ2n) is 4.52. The molecule has 0 aliphatic heterocycles. The molecule has 0 amide bonds. The summed E-state index contributed by atoms with van der Waals surface area (Å²) >= 11 is 0. The van der Waals surface area contributed by atoms with Gasteiger partial charge >= 0.3 is 0 Å². The van der Waals surface area contributed by atoms with Crippen LogP contribution in [0.5, 0.6) is 0 Å². The lowest BCUT2D eigenvalue weighted by molar-refractivity contribution is 0.510. The molecule has 1 atom stereocenters. The van der Waals surface area contributed by atoms with E-state index >= 15 is 0 Å². The van der Waals surface area contributed by atoms with Crippen molar-refractivity contribution < 1.29 is 4.39 Å². The van der Waals surface area contributed by atoms with E-state index in [9.17, 15) is 4.39 Å². The second kappa shape index (κ2) is 4.86. The van der Waals surface area contributed by atoms with Crippen molar-refractivity contribution in [1.29, 1.82) is 0 Å². The maximum Gasteiger partial charge on any atom is 0.123 e. The van der Waals surface area contributed by atoms with Gasteiger partial charge in [-0.15, -0.1) is 0 Å². The minimum atomic E-state index is -0.692. The first-order valence-electron chi connectivity index (χ1n) is 6.04. The van der Waals surface area contributed by atoms with Gasteiger partial charge in [-0.25, -0.2) is 4.39 Å². The normalized spacial score (nSPS) is 14.2. The molecule has 0 radical (unpaired) electrons. The molecule has 18 heavy (non-hydrogen) atoms. The molecular weight excluding hydrogens is 227 g/mol. The molecule has 1 aromatic heterocycles. The third-order valence-electron chi connectivity index (χ3n) is 3.32. The first-order valence-corrected chi connectivity index (χ1v) is 6.04. The highest BCUT2D eigenvalue weighted by atomic mass is 19.1. The van der Waals surface area contributed by atoms with Gasteiger partial charge in [0.2, 0.25) is 0 Å². The van der Waals surface area contributed by atoms with Crippen molar-refractivity contribution in [3.63, 3.8) is 0 Å². The van der Waals surface area contributed by atoms with Gasteiger partial charge in [-0.2, -0.15) is 0 Å². The van der Waals surface area contributed by atoms with Crippen molar-refractivity contribution in [1.82, 2.24) is 4.98 Å². The Balaban J connectivity index is 2.51. The largest absolute Gasteiger partial charge is 0.318 e. The van der Waals surface area contributed by atoms with Crippen molar-refractivity contribution in [3.8, 4) is 0 Å². The van der Waals surface area contributed by atoms with Crippen molar-refractivity contribution in [2.45, 2.75) is 25.8 Å². The minimum Gasteiger partial charge on any atom is -0.318 e. The summed E-state index contributed by atoms with van der Waals surface area (Å²) in [6, 6.07) is 10.3. The minimum absolute atomic E-state index is 0.268. The summed E-state index contributed by atoms with van der Waals surface area (Å²) in [6.45, 7) is 3.92. The SMILES string of the molecule is CCC(N)(c1ccc(C)nc1)c1cccc(F)c1. The quantitative estimate of drug-likeness (QED) is 0.900. The molecular formula is C15H17FN2. The number of aromatic nitrogens is 1. The first-order chi connectivity index (χ1) is 8.56. The van der Waals surface area contributed by atoms with E-state index in [2.05, 4.69) is 4.98 Å². The Hall–Kier alpha value is -1.74. The molecule has 0 aliphatic carbocycles. The molecule has 2 aromatic rings. The molecule has 0 bridgehead atoms. The molecule has 0 saturated carbocycles. The van der Waals surface area contributed by atoms with Crippen LogP contribution < -0.4 is 5.73 Å². The summed E-state index contributed by atoms with van der Waals surface area (Å²) < 4.78 is 13.3. The van der Waals surface area contributed by atoms with Crippen LogP contribution in [-0.2, 0) is 5.54 Å². The highest BCUT2D eigenvalue weighted by molar-refractivity contribution is 5.37. The lowest BCUT2D eigenvalue weighted by Gasteiger charge is -2.29. The average molecular weight is 244 g/mol. The van der Waals surface area contributed by atoms with Crippen LogP contribution in [0.1, 0.15) is 30.2 Å². The molecule has 0 spiro atoms. The lowest BCUT2D eigenvalue weighted by atomic mass is 9.82. The standard InChI is InChI=1S/C15H17FN2/c1-3-15(17,12-5-4-6-14(16)9-12)13-8-7-11(2)18-10-13/h4-10H,3,17H2,1-2H3. The van der Waals surface area contributed by atoms with Crippen LogP contribution in [0.3, 0.4) is 0 Å². The number of benzene rings is 1. The number of aryl methyl sites for hydroxylation is 1. The van der Waals surface area contributed by atoms with Crippen LogP contribution in [0.15, 0.2) is 42.6 Å². The molecule has 2 N–H and O–H groups in total. The van der Waals surface area contributed by atoms with Crippen molar-refractivity contribution in [3.05, 3.63) is 65.2 Å². The van der Waals surface area contributed by atoms with E-state index < -0.39 is 5.54 Å². The zero-order valence-electron chi connectivity index (χ0n) is 10.7. The van der Waals surface area contributed by atoms with E-state index in [-0.39, 0.29) is 5.82 Å². The van der Waals surface area contributed by atoms with E-state index in [4.69, 9.17) is 5.73 Å². The predicted octanol–water partition coefficient (Wildman–Crippen LogP) is 3.14. The Morgan fingerprint density at radius 3 is 2.56 bits per heavy atom. The fourth-order valence-electron chi connectivity index (χ4n) is 2.07. The molecule has 3 heteroatoms. The summed E-state index contributed by atoms with van der Waals surface area (Å²) in [5.74, 6) is -0.268. The average Bonchev–Trinajstić information content (AvgIpc) is 2.38. The van der Waals surface area contributed by atoms with Gasteiger partial charge in [0.15, 0.2) is 0 Å². The molecule has 2 rings (SSSR count). The Kier molecular flexibility index (Phi) is 3.43. The smallest absolute Gasteiger partial charge is 0.123 e. The molecule has 1 aromatic carbocycles. The van der Waals surface area contributed by atoms with E-state index in [0.717, 1.165) is 16.8 Å². The third kappa shape index (κ3) is 2.27.